The van der Waals surface area contributed by atoms with Crippen LogP contribution in [0.1, 0.15) is 258 Å². The average molecular weight is 1220 g/mol. The molecule has 0 saturated heterocycles. The van der Waals surface area contributed by atoms with Gasteiger partial charge in [-0.3, -0.25) is 18.6 Å². The summed E-state index contributed by atoms with van der Waals surface area (Å²) in [4.78, 5) is 35.4. The molecule has 0 bridgehead atoms. The van der Waals surface area contributed by atoms with Crippen LogP contribution in [0, 0.1) is 0 Å². The lowest BCUT2D eigenvalue weighted by Gasteiger charge is -2.19. The number of esters is 2. The summed E-state index contributed by atoms with van der Waals surface area (Å²) in [7, 11) is -4.41. The number of carbonyl (C=O) groups excluding carboxylic acids is 2. The summed E-state index contributed by atoms with van der Waals surface area (Å²) in [6.45, 7) is 3.49. The number of phosphoric acid groups is 1. The first kappa shape index (κ1) is 82.1. The van der Waals surface area contributed by atoms with Crippen LogP contribution in [0.15, 0.2) is 182 Å². The normalized spacial score (nSPS) is 14.1. The van der Waals surface area contributed by atoms with Gasteiger partial charge >= 0.3 is 19.8 Å². The third-order valence-electron chi connectivity index (χ3n) is 13.8. The molecule has 0 fully saturated rings. The summed E-state index contributed by atoms with van der Waals surface area (Å²) < 4.78 is 33.2. The fourth-order valence-electron chi connectivity index (χ4n) is 8.81. The molecule has 2 unspecified atom stereocenters. The van der Waals surface area contributed by atoms with Crippen molar-refractivity contribution in [3.05, 3.63) is 182 Å². The van der Waals surface area contributed by atoms with Gasteiger partial charge in [0.2, 0.25) is 0 Å². The van der Waals surface area contributed by atoms with Gasteiger partial charge in [0.1, 0.15) is 6.61 Å². The van der Waals surface area contributed by atoms with E-state index in [1.165, 1.54) is 70.6 Å². The Morgan fingerprint density at radius 1 is 0.345 bits per heavy atom. The van der Waals surface area contributed by atoms with Crippen LogP contribution in [-0.4, -0.2) is 49.3 Å². The summed E-state index contributed by atoms with van der Waals surface area (Å²) in [5.41, 5.74) is 5.40. The molecule has 9 nitrogen and oxygen atoms in total. The molecule has 0 aliphatic heterocycles. The molecule has 0 aliphatic rings. The summed E-state index contributed by atoms with van der Waals surface area (Å²) in [6, 6.07) is 0. The van der Waals surface area contributed by atoms with Gasteiger partial charge < -0.3 is 20.1 Å². The lowest BCUT2D eigenvalue weighted by molar-refractivity contribution is -0.161. The molecule has 0 amide bonds. The quantitative estimate of drug-likeness (QED) is 0.0264. The van der Waals surface area contributed by atoms with E-state index in [1.807, 2.05) is 0 Å². The molecule has 490 valence electrons. The second kappa shape index (κ2) is 70.2. The second-order valence-electron chi connectivity index (χ2n) is 21.9. The van der Waals surface area contributed by atoms with Crippen molar-refractivity contribution in [2.45, 2.75) is 264 Å². The third-order valence-corrected chi connectivity index (χ3v) is 14.8. The Morgan fingerprint density at radius 3 is 0.885 bits per heavy atom. The molecule has 0 aliphatic carbocycles. The maximum absolute atomic E-state index is 12.8. The highest BCUT2D eigenvalue weighted by molar-refractivity contribution is 7.47. The van der Waals surface area contributed by atoms with E-state index in [4.69, 9.17) is 24.3 Å². The van der Waals surface area contributed by atoms with E-state index in [2.05, 4.69) is 196 Å². The highest BCUT2D eigenvalue weighted by atomic mass is 31.2. The number of ether oxygens (including phenoxy) is 2. The number of rotatable bonds is 62. The van der Waals surface area contributed by atoms with Crippen molar-refractivity contribution in [1.82, 2.24) is 0 Å². The molecule has 0 rings (SSSR count). The largest absolute Gasteiger partial charge is 0.472 e. The number of nitrogens with two attached hydrogens (primary N) is 1. The van der Waals surface area contributed by atoms with Crippen molar-refractivity contribution >= 4 is 19.8 Å². The molecule has 0 aromatic carbocycles. The highest BCUT2D eigenvalue weighted by Crippen LogP contribution is 2.43. The van der Waals surface area contributed by atoms with E-state index in [0.717, 1.165) is 154 Å². The fraction of sp³-hybridized carbons (Fsp3) is 0.584. The molecule has 2 atom stereocenters. The first-order chi connectivity index (χ1) is 42.8. The predicted octanol–water partition coefficient (Wildman–Crippen LogP) is 22.7. The van der Waals surface area contributed by atoms with Crippen molar-refractivity contribution in [2.75, 3.05) is 26.4 Å². The minimum atomic E-state index is -4.41. The lowest BCUT2D eigenvalue weighted by Crippen LogP contribution is -2.29. The van der Waals surface area contributed by atoms with Crippen molar-refractivity contribution in [2.24, 2.45) is 5.73 Å². The van der Waals surface area contributed by atoms with Gasteiger partial charge in [-0.2, -0.15) is 0 Å². The number of unbranched alkanes of at least 4 members (excludes halogenated alkanes) is 19. The van der Waals surface area contributed by atoms with Gasteiger partial charge in [0.05, 0.1) is 13.2 Å². The Morgan fingerprint density at radius 2 is 0.598 bits per heavy atom. The Balaban J connectivity index is 4.00. The van der Waals surface area contributed by atoms with E-state index in [-0.39, 0.29) is 32.6 Å². The standard InChI is InChI=1S/C77H124NO8P/c1-3-5-7-9-11-13-15-17-19-21-23-25-27-29-31-33-35-37-39-41-43-45-47-49-51-53-55-57-59-61-63-65-67-69-76(79)83-73-75(74-85-87(81,82)84-72-71-78)86-77(80)70-68-66-64-62-60-58-56-54-52-50-48-46-44-42-40-38-36-34-32-30-28-26-24-22-20-18-16-14-12-10-8-6-4-2/h5-8,11-14,17-20,23-26,29-32,35-38,41-44,48,50,75H,3-4,9-10,15-16,21-22,27-28,33-34,39-40,45-47,49,51-74,78H2,1-2H3,(H,81,82)/b7-5-,8-6-,13-11-,14-12-,19-17-,20-18-,25-23-,26-24-,31-29-,32-30-,37-35-,38-36-,43-41-,44-42-,50-48-. The Bertz CT molecular complexity index is 2080. The first-order valence-corrected chi connectivity index (χ1v) is 35.8. The zero-order valence-electron chi connectivity index (χ0n) is 54.9. The molecule has 3 N–H and O–H groups in total. The topological polar surface area (TPSA) is 134 Å². The van der Waals surface area contributed by atoms with E-state index in [0.29, 0.717) is 6.42 Å². The first-order valence-electron chi connectivity index (χ1n) is 34.3. The summed E-state index contributed by atoms with van der Waals surface area (Å²) in [5, 5.41) is 0. The molecule has 0 heterocycles. The number of carbonyl (C=O) groups is 2. The lowest BCUT2D eigenvalue weighted by atomic mass is 10.0. The van der Waals surface area contributed by atoms with Gasteiger partial charge in [0.15, 0.2) is 6.10 Å². The zero-order valence-corrected chi connectivity index (χ0v) is 55.8. The third kappa shape index (κ3) is 70.1. The van der Waals surface area contributed by atoms with Gasteiger partial charge in [-0.05, 0) is 135 Å². The Kier molecular flexibility index (Phi) is 66.3. The number of hydrogen-bond acceptors (Lipinski definition) is 8. The Labute approximate surface area is 533 Å². The molecule has 10 heteroatoms. The summed E-state index contributed by atoms with van der Waals surface area (Å²) in [6.07, 6.45) is 105. The smallest absolute Gasteiger partial charge is 0.462 e. The maximum atomic E-state index is 12.8. The van der Waals surface area contributed by atoms with Crippen LogP contribution >= 0.6 is 7.82 Å². The van der Waals surface area contributed by atoms with Crippen LogP contribution in [0.2, 0.25) is 0 Å². The summed E-state index contributed by atoms with van der Waals surface area (Å²) >= 11 is 0. The second-order valence-corrected chi connectivity index (χ2v) is 23.4. The number of phosphoric ester groups is 1. The monoisotopic (exact) mass is 1220 g/mol. The van der Waals surface area contributed by atoms with Gasteiger partial charge in [-0.1, -0.05) is 292 Å². The van der Waals surface area contributed by atoms with Crippen LogP contribution in [0.25, 0.3) is 0 Å². The van der Waals surface area contributed by atoms with E-state index >= 15 is 0 Å². The minimum Gasteiger partial charge on any atom is -0.462 e. The molecular formula is C77H124NO8P. The molecule has 0 saturated carbocycles. The Hall–Kier alpha value is -4.89. The molecule has 0 spiro atoms. The van der Waals surface area contributed by atoms with Gasteiger partial charge in [-0.25, -0.2) is 4.57 Å². The SMILES string of the molecule is CC/C=C\C/C=C\C/C=C\C/C=C\C/C=C\C/C=C\C/C=C\C/C=C\CCCCCCCCCCC(=O)OC(COC(=O)CCCCCCCCCCCCC/C=C\C/C=C\C/C=C\C/C=C\C/C=C\C/C=C\C/C=C\CC)COP(=O)(O)OCCN. The van der Waals surface area contributed by atoms with Gasteiger partial charge in [0, 0.05) is 19.4 Å². The van der Waals surface area contributed by atoms with E-state index < -0.39 is 32.5 Å². The molecule has 0 aromatic heterocycles. The predicted molar refractivity (Wildman–Crippen MR) is 376 cm³/mol. The summed E-state index contributed by atoms with van der Waals surface area (Å²) in [5.74, 6) is -0.851. The number of allylic oxidation sites excluding steroid dienone is 30. The van der Waals surface area contributed by atoms with Gasteiger partial charge in [-0.15, -0.1) is 0 Å². The maximum Gasteiger partial charge on any atom is 0.472 e. The van der Waals surface area contributed by atoms with Crippen molar-refractivity contribution in [3.8, 4) is 0 Å². The molecular weight excluding hydrogens is 1100 g/mol. The van der Waals surface area contributed by atoms with E-state index in [1.54, 1.807) is 0 Å². The molecule has 0 aromatic rings. The van der Waals surface area contributed by atoms with Crippen molar-refractivity contribution in [3.63, 3.8) is 0 Å². The van der Waals surface area contributed by atoms with Crippen LogP contribution in [0.3, 0.4) is 0 Å². The van der Waals surface area contributed by atoms with Crippen LogP contribution in [0.5, 0.6) is 0 Å². The molecule has 87 heavy (non-hydrogen) atoms. The average Bonchev–Trinajstić information content (AvgIpc) is 3.64. The number of hydrogen-bond donors (Lipinski definition) is 2. The van der Waals surface area contributed by atoms with Crippen LogP contribution < -0.4 is 5.73 Å². The van der Waals surface area contributed by atoms with Crippen LogP contribution in [-0.2, 0) is 32.7 Å². The highest BCUT2D eigenvalue weighted by Gasteiger charge is 2.26. The van der Waals surface area contributed by atoms with Gasteiger partial charge in [0.25, 0.3) is 0 Å². The molecule has 0 radical (unpaired) electrons. The minimum absolute atomic E-state index is 0.0423. The zero-order chi connectivity index (χ0) is 63.0. The van der Waals surface area contributed by atoms with Crippen LogP contribution in [0.4, 0.5) is 0 Å². The van der Waals surface area contributed by atoms with E-state index in [9.17, 15) is 19.0 Å². The fourth-order valence-corrected chi connectivity index (χ4v) is 9.57. The van der Waals surface area contributed by atoms with Crippen molar-refractivity contribution < 1.29 is 37.6 Å². The van der Waals surface area contributed by atoms with Crippen molar-refractivity contribution in [1.29, 1.82) is 0 Å².